The van der Waals surface area contributed by atoms with Gasteiger partial charge in [-0.05, 0) is 48.9 Å². The fourth-order valence-electron chi connectivity index (χ4n) is 2.19. The Hall–Kier alpha value is -2.07. The molecule has 2 aromatic carbocycles. The van der Waals surface area contributed by atoms with E-state index >= 15 is 0 Å². The minimum Gasteiger partial charge on any atom is -0.379 e. The van der Waals surface area contributed by atoms with E-state index in [0.29, 0.717) is 6.54 Å². The van der Waals surface area contributed by atoms with E-state index in [4.69, 9.17) is 0 Å². The molecular weight excluding hydrogens is 326 g/mol. The van der Waals surface area contributed by atoms with E-state index in [9.17, 15) is 0 Å². The zero-order chi connectivity index (χ0) is 14.7. The third-order valence-electron chi connectivity index (χ3n) is 3.31. The Morgan fingerprint density at radius 2 is 1.90 bits per heavy atom. The lowest BCUT2D eigenvalue weighted by Gasteiger charge is -2.08. The molecule has 21 heavy (non-hydrogen) atoms. The van der Waals surface area contributed by atoms with Crippen molar-refractivity contribution < 1.29 is 0 Å². The lowest BCUT2D eigenvalue weighted by molar-refractivity contribution is 0.844. The molecule has 1 heterocycles. The number of halogens is 1. The molecule has 0 fully saturated rings. The van der Waals surface area contributed by atoms with Gasteiger partial charge in [0.2, 0.25) is 0 Å². The van der Waals surface area contributed by atoms with E-state index in [1.54, 1.807) is 0 Å². The van der Waals surface area contributed by atoms with Gasteiger partial charge in [0, 0.05) is 16.4 Å². The molecule has 0 saturated heterocycles. The molecule has 0 aliphatic carbocycles. The number of hydrogen-bond donors (Lipinski definition) is 1. The molecule has 4 heteroatoms. The topological polar surface area (TPSA) is 29.9 Å². The summed E-state index contributed by atoms with van der Waals surface area (Å²) in [5.74, 6) is 0. The van der Waals surface area contributed by atoms with Gasteiger partial charge >= 0.3 is 0 Å². The SMILES string of the molecule is Cc1cc(Br)ccc1NCc1ccn(-c2ccccc2)n1. The Balaban J connectivity index is 1.70. The van der Waals surface area contributed by atoms with Gasteiger partial charge in [0.1, 0.15) is 0 Å². The zero-order valence-electron chi connectivity index (χ0n) is 11.8. The summed E-state index contributed by atoms with van der Waals surface area (Å²) in [7, 11) is 0. The quantitative estimate of drug-likeness (QED) is 0.754. The highest BCUT2D eigenvalue weighted by atomic mass is 79.9. The fraction of sp³-hybridized carbons (Fsp3) is 0.118. The number of para-hydroxylation sites is 1. The van der Waals surface area contributed by atoms with Crippen molar-refractivity contribution in [2.24, 2.45) is 0 Å². The molecular formula is C17H16BrN3. The monoisotopic (exact) mass is 341 g/mol. The molecule has 1 aromatic heterocycles. The second-order valence-corrected chi connectivity index (χ2v) is 5.82. The first-order valence-corrected chi connectivity index (χ1v) is 7.62. The van der Waals surface area contributed by atoms with Gasteiger partial charge in [-0.2, -0.15) is 5.10 Å². The zero-order valence-corrected chi connectivity index (χ0v) is 13.3. The number of benzene rings is 2. The molecule has 0 spiro atoms. The normalized spacial score (nSPS) is 10.6. The molecule has 0 amide bonds. The van der Waals surface area contributed by atoms with Crippen LogP contribution in [0.25, 0.3) is 5.69 Å². The lowest BCUT2D eigenvalue weighted by atomic mass is 10.2. The minimum atomic E-state index is 0.711. The maximum absolute atomic E-state index is 4.59. The van der Waals surface area contributed by atoms with E-state index < -0.39 is 0 Å². The summed E-state index contributed by atoms with van der Waals surface area (Å²) in [4.78, 5) is 0. The van der Waals surface area contributed by atoms with Crippen molar-refractivity contribution in [2.75, 3.05) is 5.32 Å². The van der Waals surface area contributed by atoms with Crippen LogP contribution in [-0.2, 0) is 6.54 Å². The van der Waals surface area contributed by atoms with Gasteiger partial charge in [0.05, 0.1) is 17.9 Å². The Morgan fingerprint density at radius 3 is 2.67 bits per heavy atom. The number of nitrogens with one attached hydrogen (secondary N) is 1. The van der Waals surface area contributed by atoms with E-state index in [-0.39, 0.29) is 0 Å². The highest BCUT2D eigenvalue weighted by Crippen LogP contribution is 2.20. The van der Waals surface area contributed by atoms with Crippen LogP contribution in [0.4, 0.5) is 5.69 Å². The number of aryl methyl sites for hydroxylation is 1. The van der Waals surface area contributed by atoms with E-state index in [2.05, 4.69) is 45.4 Å². The molecule has 0 aliphatic rings. The molecule has 0 saturated carbocycles. The standard InChI is InChI=1S/C17H16BrN3/c1-13-11-14(18)7-8-17(13)19-12-15-9-10-21(20-15)16-5-3-2-4-6-16/h2-11,19H,12H2,1H3. The molecule has 3 rings (SSSR count). The molecule has 0 radical (unpaired) electrons. The number of anilines is 1. The minimum absolute atomic E-state index is 0.711. The van der Waals surface area contributed by atoms with Crippen molar-refractivity contribution in [3.05, 3.63) is 76.5 Å². The van der Waals surface area contributed by atoms with Crippen molar-refractivity contribution in [1.29, 1.82) is 0 Å². The molecule has 106 valence electrons. The third kappa shape index (κ3) is 3.34. The number of rotatable bonds is 4. The van der Waals surface area contributed by atoms with Crippen LogP contribution in [0.5, 0.6) is 0 Å². The van der Waals surface area contributed by atoms with Crippen LogP contribution in [0.1, 0.15) is 11.3 Å². The van der Waals surface area contributed by atoms with Crippen LogP contribution in [0, 0.1) is 6.92 Å². The molecule has 0 unspecified atom stereocenters. The summed E-state index contributed by atoms with van der Waals surface area (Å²) >= 11 is 3.48. The van der Waals surface area contributed by atoms with Gasteiger partial charge in [-0.3, -0.25) is 0 Å². The van der Waals surface area contributed by atoms with E-state index in [0.717, 1.165) is 21.5 Å². The smallest absolute Gasteiger partial charge is 0.0819 e. The van der Waals surface area contributed by atoms with E-state index in [1.807, 2.05) is 53.3 Å². The summed E-state index contributed by atoms with van der Waals surface area (Å²) in [6, 6.07) is 18.4. The highest BCUT2D eigenvalue weighted by Gasteiger charge is 2.03. The molecule has 0 aliphatic heterocycles. The second-order valence-electron chi connectivity index (χ2n) is 4.90. The number of aromatic nitrogens is 2. The van der Waals surface area contributed by atoms with Crippen molar-refractivity contribution >= 4 is 21.6 Å². The Bertz CT molecular complexity index is 735. The van der Waals surface area contributed by atoms with Crippen LogP contribution < -0.4 is 5.32 Å². The van der Waals surface area contributed by atoms with Crippen LogP contribution in [0.2, 0.25) is 0 Å². The van der Waals surface area contributed by atoms with Gasteiger partial charge in [0.25, 0.3) is 0 Å². The van der Waals surface area contributed by atoms with Crippen LogP contribution >= 0.6 is 15.9 Å². The first-order chi connectivity index (χ1) is 10.2. The van der Waals surface area contributed by atoms with Gasteiger partial charge in [0.15, 0.2) is 0 Å². The maximum atomic E-state index is 4.59. The number of hydrogen-bond acceptors (Lipinski definition) is 2. The molecule has 3 nitrogen and oxygen atoms in total. The molecule has 1 N–H and O–H groups in total. The van der Waals surface area contributed by atoms with Crippen LogP contribution in [0.3, 0.4) is 0 Å². The largest absolute Gasteiger partial charge is 0.379 e. The molecule has 0 atom stereocenters. The maximum Gasteiger partial charge on any atom is 0.0819 e. The predicted molar refractivity (Wildman–Crippen MR) is 89.8 cm³/mol. The van der Waals surface area contributed by atoms with Crippen LogP contribution in [-0.4, -0.2) is 9.78 Å². The first kappa shape index (κ1) is 13.9. The Kier molecular flexibility index (Phi) is 4.06. The van der Waals surface area contributed by atoms with Gasteiger partial charge in [-0.15, -0.1) is 0 Å². The Morgan fingerprint density at radius 1 is 1.10 bits per heavy atom. The fourth-order valence-corrected chi connectivity index (χ4v) is 2.67. The molecule has 0 bridgehead atoms. The average molecular weight is 342 g/mol. The summed E-state index contributed by atoms with van der Waals surface area (Å²) in [6.45, 7) is 2.80. The van der Waals surface area contributed by atoms with Gasteiger partial charge < -0.3 is 5.32 Å². The van der Waals surface area contributed by atoms with Gasteiger partial charge in [-0.25, -0.2) is 4.68 Å². The van der Waals surface area contributed by atoms with Crippen molar-refractivity contribution in [1.82, 2.24) is 9.78 Å². The first-order valence-electron chi connectivity index (χ1n) is 6.82. The van der Waals surface area contributed by atoms with Gasteiger partial charge in [-0.1, -0.05) is 34.1 Å². The van der Waals surface area contributed by atoms with Crippen molar-refractivity contribution in [2.45, 2.75) is 13.5 Å². The summed E-state index contributed by atoms with van der Waals surface area (Å²) < 4.78 is 2.99. The summed E-state index contributed by atoms with van der Waals surface area (Å²) in [5.41, 5.74) is 4.43. The highest BCUT2D eigenvalue weighted by molar-refractivity contribution is 9.10. The molecule has 3 aromatic rings. The summed E-state index contributed by atoms with van der Waals surface area (Å²) in [5, 5.41) is 8.01. The number of nitrogens with zero attached hydrogens (tertiary/aromatic N) is 2. The average Bonchev–Trinajstić information content (AvgIpc) is 2.96. The third-order valence-corrected chi connectivity index (χ3v) is 3.81. The van der Waals surface area contributed by atoms with E-state index in [1.165, 1.54) is 5.56 Å². The lowest BCUT2D eigenvalue weighted by Crippen LogP contribution is -2.03. The second kappa shape index (κ2) is 6.14. The van der Waals surface area contributed by atoms with Crippen LogP contribution in [0.15, 0.2) is 65.3 Å². The van der Waals surface area contributed by atoms with Crippen molar-refractivity contribution in [3.63, 3.8) is 0 Å². The Labute approximate surface area is 132 Å². The van der Waals surface area contributed by atoms with Crippen molar-refractivity contribution in [3.8, 4) is 5.69 Å². The predicted octanol–water partition coefficient (Wildman–Crippen LogP) is 4.56. The summed E-state index contributed by atoms with van der Waals surface area (Å²) in [6.07, 6.45) is 1.99.